The molecular formula is C14H21BrN2O2. The van der Waals surface area contributed by atoms with E-state index in [1.54, 1.807) is 0 Å². The summed E-state index contributed by atoms with van der Waals surface area (Å²) in [5, 5.41) is 15.8. The Morgan fingerprint density at radius 1 is 1.26 bits per heavy atom. The molecule has 0 saturated carbocycles. The third-order valence-electron chi connectivity index (χ3n) is 3.18. The van der Waals surface area contributed by atoms with Crippen LogP contribution in [0.4, 0.5) is 5.69 Å². The standard InChI is InChI=1S/C14H21BrN2O2/c1-3-14(19,4-2)10-16-9-13(18)17-12-7-5-11(15)6-8-12/h5-8,16,19H,3-4,9-10H2,1-2H3,(H,17,18). The highest BCUT2D eigenvalue weighted by molar-refractivity contribution is 9.10. The van der Waals surface area contributed by atoms with Gasteiger partial charge in [-0.15, -0.1) is 0 Å². The molecule has 0 atom stereocenters. The number of halogens is 1. The van der Waals surface area contributed by atoms with Gasteiger partial charge in [0.05, 0.1) is 12.1 Å². The van der Waals surface area contributed by atoms with Gasteiger partial charge in [-0.05, 0) is 37.1 Å². The van der Waals surface area contributed by atoms with Gasteiger partial charge in [0.1, 0.15) is 0 Å². The van der Waals surface area contributed by atoms with Crippen LogP contribution in [-0.2, 0) is 4.79 Å². The van der Waals surface area contributed by atoms with Crippen molar-refractivity contribution in [3.63, 3.8) is 0 Å². The highest BCUT2D eigenvalue weighted by Gasteiger charge is 2.21. The normalized spacial score (nSPS) is 11.4. The van der Waals surface area contributed by atoms with Crippen LogP contribution in [0.15, 0.2) is 28.7 Å². The van der Waals surface area contributed by atoms with Crippen LogP contribution < -0.4 is 10.6 Å². The predicted octanol–water partition coefficient (Wildman–Crippen LogP) is 2.53. The Morgan fingerprint density at radius 2 is 1.84 bits per heavy atom. The number of anilines is 1. The number of aliphatic hydroxyl groups is 1. The number of hydrogen-bond acceptors (Lipinski definition) is 3. The third-order valence-corrected chi connectivity index (χ3v) is 3.71. The number of nitrogens with one attached hydrogen (secondary N) is 2. The highest BCUT2D eigenvalue weighted by Crippen LogP contribution is 2.14. The summed E-state index contributed by atoms with van der Waals surface area (Å²) in [4.78, 5) is 11.7. The van der Waals surface area contributed by atoms with Crippen molar-refractivity contribution in [1.82, 2.24) is 5.32 Å². The van der Waals surface area contributed by atoms with Gasteiger partial charge in [-0.25, -0.2) is 0 Å². The van der Waals surface area contributed by atoms with E-state index in [0.29, 0.717) is 19.4 Å². The van der Waals surface area contributed by atoms with E-state index < -0.39 is 5.60 Å². The molecule has 0 aromatic heterocycles. The third kappa shape index (κ3) is 5.72. The summed E-state index contributed by atoms with van der Waals surface area (Å²) < 4.78 is 0.972. The van der Waals surface area contributed by atoms with Crippen LogP contribution in [0.5, 0.6) is 0 Å². The first-order chi connectivity index (χ1) is 8.99. The van der Waals surface area contributed by atoms with Gasteiger partial charge < -0.3 is 15.7 Å². The van der Waals surface area contributed by atoms with Crippen LogP contribution >= 0.6 is 15.9 Å². The van der Waals surface area contributed by atoms with E-state index in [-0.39, 0.29) is 12.5 Å². The zero-order valence-corrected chi connectivity index (χ0v) is 13.0. The van der Waals surface area contributed by atoms with Crippen molar-refractivity contribution < 1.29 is 9.90 Å². The molecule has 1 aromatic rings. The summed E-state index contributed by atoms with van der Waals surface area (Å²) in [5.41, 5.74) is 0.0361. The van der Waals surface area contributed by atoms with E-state index in [2.05, 4.69) is 26.6 Å². The maximum atomic E-state index is 11.7. The van der Waals surface area contributed by atoms with Crippen LogP contribution in [0.3, 0.4) is 0 Å². The molecule has 3 N–H and O–H groups in total. The van der Waals surface area contributed by atoms with Crippen molar-refractivity contribution in [2.75, 3.05) is 18.4 Å². The van der Waals surface area contributed by atoms with Crippen LogP contribution in [-0.4, -0.2) is 29.7 Å². The van der Waals surface area contributed by atoms with Crippen LogP contribution in [0.25, 0.3) is 0 Å². The number of benzene rings is 1. The predicted molar refractivity (Wildman–Crippen MR) is 81.2 cm³/mol. The average Bonchev–Trinajstić information content (AvgIpc) is 2.41. The van der Waals surface area contributed by atoms with E-state index in [1.807, 2.05) is 38.1 Å². The van der Waals surface area contributed by atoms with Crippen LogP contribution in [0.2, 0.25) is 0 Å². The van der Waals surface area contributed by atoms with Crippen molar-refractivity contribution in [2.45, 2.75) is 32.3 Å². The average molecular weight is 329 g/mol. The Hall–Kier alpha value is -0.910. The Bertz CT molecular complexity index is 402. The largest absolute Gasteiger partial charge is 0.389 e. The van der Waals surface area contributed by atoms with Gasteiger partial charge in [-0.3, -0.25) is 4.79 Å². The maximum absolute atomic E-state index is 11.7. The summed E-state index contributed by atoms with van der Waals surface area (Å²) in [6, 6.07) is 7.40. The van der Waals surface area contributed by atoms with Crippen LogP contribution in [0.1, 0.15) is 26.7 Å². The van der Waals surface area contributed by atoms with Gasteiger partial charge >= 0.3 is 0 Å². The number of amides is 1. The lowest BCUT2D eigenvalue weighted by molar-refractivity contribution is -0.115. The minimum Gasteiger partial charge on any atom is -0.389 e. The Morgan fingerprint density at radius 3 is 2.37 bits per heavy atom. The van der Waals surface area contributed by atoms with Gasteiger partial charge in [-0.2, -0.15) is 0 Å². The molecule has 0 fully saturated rings. The molecular weight excluding hydrogens is 308 g/mol. The topological polar surface area (TPSA) is 61.4 Å². The molecule has 0 radical (unpaired) electrons. The lowest BCUT2D eigenvalue weighted by atomic mass is 9.98. The van der Waals surface area contributed by atoms with Crippen LogP contribution in [0, 0.1) is 0 Å². The molecule has 106 valence electrons. The molecule has 1 rings (SSSR count). The van der Waals surface area contributed by atoms with Crippen molar-refractivity contribution in [3.8, 4) is 0 Å². The summed E-state index contributed by atoms with van der Waals surface area (Å²) in [6.45, 7) is 4.49. The van der Waals surface area contributed by atoms with Gasteiger partial charge in [0.2, 0.25) is 5.91 Å². The second-order valence-corrected chi connectivity index (χ2v) is 5.51. The summed E-state index contributed by atoms with van der Waals surface area (Å²) in [5.74, 6) is -0.114. The molecule has 19 heavy (non-hydrogen) atoms. The summed E-state index contributed by atoms with van der Waals surface area (Å²) in [6.07, 6.45) is 1.34. The first-order valence-electron chi connectivity index (χ1n) is 6.47. The second-order valence-electron chi connectivity index (χ2n) is 4.59. The summed E-state index contributed by atoms with van der Waals surface area (Å²) in [7, 11) is 0. The number of hydrogen-bond donors (Lipinski definition) is 3. The van der Waals surface area contributed by atoms with E-state index in [0.717, 1.165) is 10.2 Å². The van der Waals surface area contributed by atoms with E-state index in [9.17, 15) is 9.90 Å². The minimum atomic E-state index is -0.724. The minimum absolute atomic E-state index is 0.114. The van der Waals surface area contributed by atoms with Gasteiger partial charge in [-0.1, -0.05) is 29.8 Å². The smallest absolute Gasteiger partial charge is 0.238 e. The van der Waals surface area contributed by atoms with Gasteiger partial charge in [0.15, 0.2) is 0 Å². The fourth-order valence-corrected chi connectivity index (χ4v) is 1.91. The van der Waals surface area contributed by atoms with Crippen molar-refractivity contribution in [3.05, 3.63) is 28.7 Å². The van der Waals surface area contributed by atoms with E-state index >= 15 is 0 Å². The monoisotopic (exact) mass is 328 g/mol. The number of rotatable bonds is 7. The molecule has 0 aliphatic heterocycles. The van der Waals surface area contributed by atoms with E-state index in [4.69, 9.17) is 0 Å². The molecule has 4 nitrogen and oxygen atoms in total. The molecule has 1 aromatic carbocycles. The SMILES string of the molecule is CCC(O)(CC)CNCC(=O)Nc1ccc(Br)cc1. The zero-order valence-electron chi connectivity index (χ0n) is 11.4. The molecule has 0 unspecified atom stereocenters. The number of carbonyl (C=O) groups excluding carboxylic acids is 1. The maximum Gasteiger partial charge on any atom is 0.238 e. The molecule has 0 heterocycles. The van der Waals surface area contributed by atoms with Crippen molar-refractivity contribution in [1.29, 1.82) is 0 Å². The quantitative estimate of drug-likeness (QED) is 0.720. The zero-order chi connectivity index (χ0) is 14.3. The summed E-state index contributed by atoms with van der Waals surface area (Å²) >= 11 is 3.34. The lowest BCUT2D eigenvalue weighted by Gasteiger charge is -2.25. The molecule has 0 saturated heterocycles. The first-order valence-corrected chi connectivity index (χ1v) is 7.27. The molecule has 0 aliphatic rings. The molecule has 0 bridgehead atoms. The van der Waals surface area contributed by atoms with Crippen molar-refractivity contribution in [2.24, 2.45) is 0 Å². The molecule has 1 amide bonds. The first kappa shape index (κ1) is 16.1. The Labute approximate surface area is 122 Å². The molecule has 0 aliphatic carbocycles. The van der Waals surface area contributed by atoms with Gasteiger partial charge in [0.25, 0.3) is 0 Å². The Kier molecular flexibility index (Phi) is 6.48. The van der Waals surface area contributed by atoms with E-state index in [1.165, 1.54) is 0 Å². The second kappa shape index (κ2) is 7.62. The van der Waals surface area contributed by atoms with Gasteiger partial charge in [0, 0.05) is 16.7 Å². The molecule has 0 spiro atoms. The van der Waals surface area contributed by atoms with Crippen molar-refractivity contribution >= 4 is 27.5 Å². The highest BCUT2D eigenvalue weighted by atomic mass is 79.9. The molecule has 5 heteroatoms. The Balaban J connectivity index is 2.34. The number of carbonyl (C=O) groups is 1. The lowest BCUT2D eigenvalue weighted by Crippen LogP contribution is -2.42. The fraction of sp³-hybridized carbons (Fsp3) is 0.500. The fourth-order valence-electron chi connectivity index (χ4n) is 1.65.